The summed E-state index contributed by atoms with van der Waals surface area (Å²) in [6.07, 6.45) is 3.29. The number of hydrogen-bond donors (Lipinski definition) is 0. The third kappa shape index (κ3) is 4.22. The van der Waals surface area contributed by atoms with Gasteiger partial charge >= 0.3 is 0 Å². The Morgan fingerprint density at radius 1 is 1.33 bits per heavy atom. The molecule has 1 fully saturated rings. The Morgan fingerprint density at radius 3 is 2.83 bits per heavy atom. The van der Waals surface area contributed by atoms with Gasteiger partial charge in [0, 0.05) is 24.2 Å². The maximum atomic E-state index is 12.9. The minimum absolute atomic E-state index is 0.162. The van der Waals surface area contributed by atoms with Crippen molar-refractivity contribution >= 4 is 17.2 Å². The molecule has 1 atom stereocenters. The first-order chi connectivity index (χ1) is 11.6. The highest BCUT2D eigenvalue weighted by Crippen LogP contribution is 2.32. The average molecular weight is 343 g/mol. The average Bonchev–Trinajstić information content (AvgIpc) is 3.02. The number of thiazole rings is 1. The lowest BCUT2D eigenvalue weighted by Gasteiger charge is -2.35. The van der Waals surface area contributed by atoms with E-state index in [-0.39, 0.29) is 11.9 Å². The quantitative estimate of drug-likeness (QED) is 0.832. The molecule has 24 heavy (non-hydrogen) atoms. The second-order valence-corrected chi connectivity index (χ2v) is 7.47. The number of aryl methyl sites for hydroxylation is 1. The molecule has 0 N–H and O–H groups in total. The van der Waals surface area contributed by atoms with Crippen molar-refractivity contribution in [2.75, 3.05) is 20.1 Å². The summed E-state index contributed by atoms with van der Waals surface area (Å²) in [5.74, 6) is 0.214. The van der Waals surface area contributed by atoms with Crippen molar-refractivity contribution in [1.29, 1.82) is 0 Å². The van der Waals surface area contributed by atoms with Crippen molar-refractivity contribution in [3.8, 4) is 0 Å². The monoisotopic (exact) mass is 343 g/mol. The molecule has 0 aliphatic carbocycles. The van der Waals surface area contributed by atoms with E-state index in [2.05, 4.69) is 27.4 Å². The third-order valence-corrected chi connectivity index (χ3v) is 5.51. The summed E-state index contributed by atoms with van der Waals surface area (Å²) in [7, 11) is 2.01. The van der Waals surface area contributed by atoms with E-state index in [9.17, 15) is 4.79 Å². The largest absolute Gasteiger partial charge is 0.332 e. The highest BCUT2D eigenvalue weighted by atomic mass is 32.1. The van der Waals surface area contributed by atoms with Crippen molar-refractivity contribution in [3.63, 3.8) is 0 Å². The standard InChI is InChI=1S/C19H25N3OS/c1-15-14-24-19(20-15)17-10-6-7-11-22(17)18(23)13-21(2)12-16-8-4-3-5-9-16/h3-5,8-9,14,17H,6-7,10-13H2,1-2H3/t17-/m0/s1. The van der Waals surface area contributed by atoms with Crippen molar-refractivity contribution in [2.24, 2.45) is 0 Å². The first-order valence-corrected chi connectivity index (χ1v) is 9.45. The van der Waals surface area contributed by atoms with Gasteiger partial charge < -0.3 is 4.90 Å². The van der Waals surface area contributed by atoms with Gasteiger partial charge in [0.25, 0.3) is 0 Å². The number of amides is 1. The number of likely N-dealkylation sites (tertiary alicyclic amines) is 1. The molecule has 1 saturated heterocycles. The summed E-state index contributed by atoms with van der Waals surface area (Å²) in [5.41, 5.74) is 2.28. The molecule has 1 aromatic carbocycles. The van der Waals surface area contributed by atoms with Crippen molar-refractivity contribution < 1.29 is 4.79 Å². The molecule has 5 heteroatoms. The number of carbonyl (C=O) groups excluding carboxylic acids is 1. The van der Waals surface area contributed by atoms with Crippen LogP contribution in [-0.2, 0) is 11.3 Å². The summed E-state index contributed by atoms with van der Waals surface area (Å²) in [5, 5.41) is 3.17. The number of likely N-dealkylation sites (N-methyl/N-ethyl adjacent to an activating group) is 1. The second kappa shape index (κ2) is 7.90. The molecular weight excluding hydrogens is 318 g/mol. The van der Waals surface area contributed by atoms with Gasteiger partial charge in [0.1, 0.15) is 5.01 Å². The number of benzene rings is 1. The van der Waals surface area contributed by atoms with Crippen molar-refractivity contribution in [2.45, 2.75) is 38.8 Å². The number of hydrogen-bond acceptors (Lipinski definition) is 4. The van der Waals surface area contributed by atoms with Gasteiger partial charge in [0.2, 0.25) is 5.91 Å². The van der Waals surface area contributed by atoms with E-state index in [0.717, 1.165) is 36.6 Å². The zero-order chi connectivity index (χ0) is 16.9. The Morgan fingerprint density at radius 2 is 2.12 bits per heavy atom. The van der Waals surface area contributed by atoms with E-state index in [1.54, 1.807) is 11.3 Å². The maximum absolute atomic E-state index is 12.9. The molecule has 1 aromatic heterocycles. The predicted octanol–water partition coefficient (Wildman–Crippen LogP) is 3.64. The van der Waals surface area contributed by atoms with Crippen LogP contribution in [0.1, 0.15) is 41.6 Å². The lowest BCUT2D eigenvalue weighted by Crippen LogP contribution is -2.43. The van der Waals surface area contributed by atoms with E-state index >= 15 is 0 Å². The van der Waals surface area contributed by atoms with Gasteiger partial charge in [-0.05, 0) is 38.8 Å². The molecule has 128 valence electrons. The Labute approximate surface area is 148 Å². The molecule has 4 nitrogen and oxygen atoms in total. The molecule has 2 aromatic rings. The number of carbonyl (C=O) groups is 1. The Kier molecular flexibility index (Phi) is 5.63. The number of rotatable bonds is 5. The van der Waals surface area contributed by atoms with Crippen molar-refractivity contribution in [3.05, 3.63) is 52.0 Å². The minimum Gasteiger partial charge on any atom is -0.332 e. The molecule has 1 aliphatic heterocycles. The molecule has 2 heterocycles. The molecule has 0 spiro atoms. The van der Waals surface area contributed by atoms with Crippen LogP contribution < -0.4 is 0 Å². The highest BCUT2D eigenvalue weighted by molar-refractivity contribution is 7.09. The third-order valence-electron chi connectivity index (χ3n) is 4.45. The number of piperidine rings is 1. The highest BCUT2D eigenvalue weighted by Gasteiger charge is 2.30. The van der Waals surface area contributed by atoms with Crippen LogP contribution in [0.15, 0.2) is 35.7 Å². The molecule has 3 rings (SSSR count). The lowest BCUT2D eigenvalue weighted by atomic mass is 10.0. The van der Waals surface area contributed by atoms with E-state index in [1.165, 1.54) is 12.0 Å². The van der Waals surface area contributed by atoms with Gasteiger partial charge in [-0.2, -0.15) is 0 Å². The van der Waals surface area contributed by atoms with Crippen LogP contribution in [0.3, 0.4) is 0 Å². The smallest absolute Gasteiger partial charge is 0.237 e. The zero-order valence-electron chi connectivity index (χ0n) is 14.4. The summed E-state index contributed by atoms with van der Waals surface area (Å²) in [4.78, 5) is 21.6. The van der Waals surface area contributed by atoms with Crippen LogP contribution in [0.5, 0.6) is 0 Å². The molecule has 1 aliphatic rings. The SMILES string of the molecule is Cc1csc([C@@H]2CCCCN2C(=O)CN(C)Cc2ccccc2)n1. The van der Waals surface area contributed by atoms with E-state index in [4.69, 9.17) is 0 Å². The Bertz CT molecular complexity index is 670. The van der Waals surface area contributed by atoms with Crippen LogP contribution in [0.2, 0.25) is 0 Å². The zero-order valence-corrected chi connectivity index (χ0v) is 15.3. The van der Waals surface area contributed by atoms with Crippen LogP contribution in [0.4, 0.5) is 0 Å². The molecule has 0 bridgehead atoms. The van der Waals surface area contributed by atoms with Crippen LogP contribution in [0, 0.1) is 6.92 Å². The second-order valence-electron chi connectivity index (χ2n) is 6.58. The van der Waals surface area contributed by atoms with Gasteiger partial charge in [-0.3, -0.25) is 9.69 Å². The molecule has 1 amide bonds. The van der Waals surface area contributed by atoms with Gasteiger partial charge in [0.15, 0.2) is 0 Å². The fourth-order valence-corrected chi connectivity index (χ4v) is 4.23. The minimum atomic E-state index is 0.162. The predicted molar refractivity (Wildman–Crippen MR) is 97.9 cm³/mol. The summed E-state index contributed by atoms with van der Waals surface area (Å²) < 4.78 is 0. The molecule has 0 unspecified atom stereocenters. The molecule has 0 radical (unpaired) electrons. The van der Waals surface area contributed by atoms with E-state index in [0.29, 0.717) is 6.54 Å². The molecule has 0 saturated carbocycles. The fourth-order valence-electron chi connectivity index (χ4n) is 3.28. The van der Waals surface area contributed by atoms with Crippen LogP contribution in [-0.4, -0.2) is 40.8 Å². The first-order valence-electron chi connectivity index (χ1n) is 8.57. The Hall–Kier alpha value is -1.72. The number of nitrogens with zero attached hydrogens (tertiary/aromatic N) is 3. The lowest BCUT2D eigenvalue weighted by molar-refractivity contribution is -0.136. The first kappa shape index (κ1) is 17.1. The summed E-state index contributed by atoms with van der Waals surface area (Å²) >= 11 is 1.68. The summed E-state index contributed by atoms with van der Waals surface area (Å²) in [6.45, 7) is 4.11. The molecular formula is C19H25N3OS. The summed E-state index contributed by atoms with van der Waals surface area (Å²) in [6, 6.07) is 10.5. The van der Waals surface area contributed by atoms with Gasteiger partial charge in [-0.25, -0.2) is 4.98 Å². The number of aromatic nitrogens is 1. The van der Waals surface area contributed by atoms with Crippen LogP contribution >= 0.6 is 11.3 Å². The van der Waals surface area contributed by atoms with E-state index < -0.39 is 0 Å². The normalized spacial score (nSPS) is 18.1. The van der Waals surface area contributed by atoms with Gasteiger partial charge in [-0.1, -0.05) is 30.3 Å². The Balaban J connectivity index is 1.63. The van der Waals surface area contributed by atoms with Gasteiger partial charge in [0.05, 0.1) is 12.6 Å². The fraction of sp³-hybridized carbons (Fsp3) is 0.474. The topological polar surface area (TPSA) is 36.4 Å². The maximum Gasteiger partial charge on any atom is 0.237 e. The van der Waals surface area contributed by atoms with Gasteiger partial charge in [-0.15, -0.1) is 11.3 Å². The van der Waals surface area contributed by atoms with E-state index in [1.807, 2.05) is 37.1 Å². The van der Waals surface area contributed by atoms with Crippen LogP contribution in [0.25, 0.3) is 0 Å². The van der Waals surface area contributed by atoms with Crippen molar-refractivity contribution in [1.82, 2.24) is 14.8 Å².